The van der Waals surface area contributed by atoms with Crippen molar-refractivity contribution in [3.63, 3.8) is 0 Å². The summed E-state index contributed by atoms with van der Waals surface area (Å²) in [6, 6.07) is 4.23. The lowest BCUT2D eigenvalue weighted by Crippen LogP contribution is -2.24. The molecule has 0 fully saturated rings. The standard InChI is InChI=1S/C10H13ClFNO/c1-7(14)5-13-6-8-4-9(12)2-3-10(8)11/h2-4,7,13-14H,5-6H2,1H3. The quantitative estimate of drug-likeness (QED) is 0.808. The van der Waals surface area contributed by atoms with Crippen LogP contribution in [0.2, 0.25) is 5.02 Å². The summed E-state index contributed by atoms with van der Waals surface area (Å²) < 4.78 is 12.8. The molecule has 0 bridgehead atoms. The fourth-order valence-corrected chi connectivity index (χ4v) is 1.28. The average Bonchev–Trinajstić information content (AvgIpc) is 2.10. The zero-order valence-electron chi connectivity index (χ0n) is 7.93. The van der Waals surface area contributed by atoms with E-state index < -0.39 is 6.10 Å². The third-order valence-corrected chi connectivity index (χ3v) is 2.13. The number of rotatable bonds is 4. The SMILES string of the molecule is CC(O)CNCc1cc(F)ccc1Cl. The molecule has 4 heteroatoms. The summed E-state index contributed by atoms with van der Waals surface area (Å²) in [6.45, 7) is 2.61. The van der Waals surface area contributed by atoms with Crippen LogP contribution in [0.25, 0.3) is 0 Å². The van der Waals surface area contributed by atoms with Crippen molar-refractivity contribution < 1.29 is 9.50 Å². The lowest BCUT2D eigenvalue weighted by Gasteiger charge is -2.08. The van der Waals surface area contributed by atoms with Gasteiger partial charge in [-0.3, -0.25) is 0 Å². The second-order valence-corrected chi connectivity index (χ2v) is 3.62. The largest absolute Gasteiger partial charge is 0.392 e. The molecule has 14 heavy (non-hydrogen) atoms. The van der Waals surface area contributed by atoms with Crippen LogP contribution in [0.3, 0.4) is 0 Å². The normalized spacial score (nSPS) is 12.9. The Bertz CT molecular complexity index is 304. The maximum absolute atomic E-state index is 12.8. The van der Waals surface area contributed by atoms with Crippen LogP contribution in [0, 0.1) is 5.82 Å². The van der Waals surface area contributed by atoms with Crippen molar-refractivity contribution >= 4 is 11.6 Å². The summed E-state index contributed by atoms with van der Waals surface area (Å²) in [6.07, 6.45) is -0.415. The van der Waals surface area contributed by atoms with Crippen molar-refractivity contribution in [1.29, 1.82) is 0 Å². The van der Waals surface area contributed by atoms with Crippen LogP contribution in [0.4, 0.5) is 4.39 Å². The van der Waals surface area contributed by atoms with E-state index in [1.807, 2.05) is 0 Å². The monoisotopic (exact) mass is 217 g/mol. The number of aliphatic hydroxyl groups excluding tert-OH is 1. The Morgan fingerprint density at radius 1 is 1.57 bits per heavy atom. The van der Waals surface area contributed by atoms with Gasteiger partial charge < -0.3 is 10.4 Å². The zero-order chi connectivity index (χ0) is 10.6. The molecule has 0 spiro atoms. The highest BCUT2D eigenvalue weighted by Gasteiger charge is 2.02. The fraction of sp³-hybridized carbons (Fsp3) is 0.400. The molecule has 2 N–H and O–H groups in total. The molecule has 0 aliphatic carbocycles. The molecule has 1 aromatic rings. The summed E-state index contributed by atoms with van der Waals surface area (Å²) in [7, 11) is 0. The first kappa shape index (κ1) is 11.4. The van der Waals surface area contributed by atoms with Gasteiger partial charge >= 0.3 is 0 Å². The Morgan fingerprint density at radius 3 is 2.93 bits per heavy atom. The fourth-order valence-electron chi connectivity index (χ4n) is 1.09. The summed E-state index contributed by atoms with van der Waals surface area (Å²) >= 11 is 5.84. The Kier molecular flexibility index (Phi) is 4.32. The van der Waals surface area contributed by atoms with E-state index in [0.717, 1.165) is 0 Å². The molecule has 1 unspecified atom stereocenters. The average molecular weight is 218 g/mol. The van der Waals surface area contributed by atoms with Crippen LogP contribution >= 0.6 is 11.6 Å². The maximum Gasteiger partial charge on any atom is 0.123 e. The van der Waals surface area contributed by atoms with Crippen molar-refractivity contribution in [2.45, 2.75) is 19.6 Å². The van der Waals surface area contributed by atoms with Crippen molar-refractivity contribution in [3.8, 4) is 0 Å². The lowest BCUT2D eigenvalue weighted by atomic mass is 10.2. The van der Waals surface area contributed by atoms with Crippen LogP contribution < -0.4 is 5.32 Å². The maximum atomic E-state index is 12.8. The van der Waals surface area contributed by atoms with E-state index in [9.17, 15) is 4.39 Å². The Labute approximate surface area is 87.7 Å². The van der Waals surface area contributed by atoms with E-state index >= 15 is 0 Å². The molecular formula is C10H13ClFNO. The molecular weight excluding hydrogens is 205 g/mol. The molecule has 0 heterocycles. The first-order valence-corrected chi connectivity index (χ1v) is 4.80. The summed E-state index contributed by atoms with van der Waals surface area (Å²) in [4.78, 5) is 0. The number of nitrogens with one attached hydrogen (secondary N) is 1. The molecule has 0 radical (unpaired) electrons. The first-order chi connectivity index (χ1) is 6.59. The highest BCUT2D eigenvalue weighted by molar-refractivity contribution is 6.31. The van der Waals surface area contributed by atoms with Gasteiger partial charge in [0.2, 0.25) is 0 Å². The highest BCUT2D eigenvalue weighted by Crippen LogP contribution is 2.16. The summed E-state index contributed by atoms with van der Waals surface area (Å²) in [5.74, 6) is -0.303. The molecule has 1 rings (SSSR count). The van der Waals surface area contributed by atoms with E-state index in [0.29, 0.717) is 23.7 Å². The molecule has 0 saturated carbocycles. The molecule has 0 aromatic heterocycles. The molecule has 0 aliphatic heterocycles. The highest BCUT2D eigenvalue weighted by atomic mass is 35.5. The van der Waals surface area contributed by atoms with Gasteiger partial charge in [0.25, 0.3) is 0 Å². The second-order valence-electron chi connectivity index (χ2n) is 3.22. The zero-order valence-corrected chi connectivity index (χ0v) is 8.68. The molecule has 78 valence electrons. The summed E-state index contributed by atoms with van der Waals surface area (Å²) in [5, 5.41) is 12.5. The number of halogens is 2. The molecule has 1 aromatic carbocycles. The first-order valence-electron chi connectivity index (χ1n) is 4.42. The number of hydrogen-bond donors (Lipinski definition) is 2. The molecule has 0 aliphatic rings. The molecule has 0 saturated heterocycles. The van der Waals surface area contributed by atoms with Crippen molar-refractivity contribution in [2.75, 3.05) is 6.54 Å². The minimum atomic E-state index is -0.415. The van der Waals surface area contributed by atoms with Crippen LogP contribution in [-0.4, -0.2) is 17.8 Å². The minimum Gasteiger partial charge on any atom is -0.392 e. The molecule has 0 amide bonds. The van der Waals surface area contributed by atoms with Gasteiger partial charge in [-0.2, -0.15) is 0 Å². The van der Waals surface area contributed by atoms with Gasteiger partial charge in [0.15, 0.2) is 0 Å². The van der Waals surface area contributed by atoms with Crippen LogP contribution in [0.15, 0.2) is 18.2 Å². The number of benzene rings is 1. The predicted octanol–water partition coefficient (Wildman–Crippen LogP) is 1.95. The predicted molar refractivity (Wildman–Crippen MR) is 54.8 cm³/mol. The Morgan fingerprint density at radius 2 is 2.29 bits per heavy atom. The van der Waals surface area contributed by atoms with Gasteiger partial charge in [-0.25, -0.2) is 4.39 Å². The number of aliphatic hydroxyl groups is 1. The van der Waals surface area contributed by atoms with Gasteiger partial charge in [-0.15, -0.1) is 0 Å². The van der Waals surface area contributed by atoms with Crippen LogP contribution in [-0.2, 0) is 6.54 Å². The van der Waals surface area contributed by atoms with E-state index in [1.54, 1.807) is 6.92 Å². The van der Waals surface area contributed by atoms with E-state index in [1.165, 1.54) is 18.2 Å². The van der Waals surface area contributed by atoms with Gasteiger partial charge in [-0.05, 0) is 30.7 Å². The Hall–Kier alpha value is -0.640. The van der Waals surface area contributed by atoms with Crippen molar-refractivity contribution in [2.24, 2.45) is 0 Å². The molecule has 2 nitrogen and oxygen atoms in total. The summed E-state index contributed by atoms with van der Waals surface area (Å²) in [5.41, 5.74) is 0.701. The smallest absolute Gasteiger partial charge is 0.123 e. The second kappa shape index (κ2) is 5.29. The van der Waals surface area contributed by atoms with Gasteiger partial charge in [0.1, 0.15) is 5.82 Å². The Balaban J connectivity index is 2.53. The lowest BCUT2D eigenvalue weighted by molar-refractivity contribution is 0.191. The van der Waals surface area contributed by atoms with E-state index in [-0.39, 0.29) is 5.82 Å². The van der Waals surface area contributed by atoms with Gasteiger partial charge in [0.05, 0.1) is 6.10 Å². The van der Waals surface area contributed by atoms with Crippen molar-refractivity contribution in [3.05, 3.63) is 34.6 Å². The molecule has 1 atom stereocenters. The van der Waals surface area contributed by atoms with Crippen molar-refractivity contribution in [1.82, 2.24) is 5.32 Å². The van der Waals surface area contributed by atoms with Gasteiger partial charge in [-0.1, -0.05) is 11.6 Å². The van der Waals surface area contributed by atoms with Gasteiger partial charge in [0, 0.05) is 18.1 Å². The number of hydrogen-bond acceptors (Lipinski definition) is 2. The van der Waals surface area contributed by atoms with E-state index in [2.05, 4.69) is 5.32 Å². The van der Waals surface area contributed by atoms with E-state index in [4.69, 9.17) is 16.7 Å². The third kappa shape index (κ3) is 3.62. The third-order valence-electron chi connectivity index (χ3n) is 1.76. The minimum absolute atomic E-state index is 0.303. The topological polar surface area (TPSA) is 32.3 Å². The van der Waals surface area contributed by atoms with Crippen LogP contribution in [0.1, 0.15) is 12.5 Å². The van der Waals surface area contributed by atoms with Crippen LogP contribution in [0.5, 0.6) is 0 Å².